The molecule has 3 rings (SSSR count). The normalized spacial score (nSPS) is 13.5. The molecule has 0 saturated carbocycles. The van der Waals surface area contributed by atoms with E-state index in [9.17, 15) is 19.2 Å². The molecule has 0 fully saturated rings. The summed E-state index contributed by atoms with van der Waals surface area (Å²) in [5, 5.41) is 2.55. The minimum absolute atomic E-state index is 0.0948. The van der Waals surface area contributed by atoms with Gasteiger partial charge < -0.3 is 14.8 Å². The summed E-state index contributed by atoms with van der Waals surface area (Å²) in [6.45, 7) is 1.97. The zero-order valence-electron chi connectivity index (χ0n) is 16.1. The van der Waals surface area contributed by atoms with E-state index < -0.39 is 23.8 Å². The van der Waals surface area contributed by atoms with Gasteiger partial charge in [-0.15, -0.1) is 0 Å². The van der Waals surface area contributed by atoms with E-state index in [1.807, 2.05) is 0 Å². The van der Waals surface area contributed by atoms with Gasteiger partial charge in [-0.25, -0.2) is 14.5 Å². The molecule has 9 heteroatoms. The number of nitrogens with zero attached hydrogens (tertiary/aromatic N) is 1. The Morgan fingerprint density at radius 3 is 2.07 bits per heavy atom. The van der Waals surface area contributed by atoms with Gasteiger partial charge in [0.15, 0.2) is 0 Å². The molecule has 0 aliphatic carbocycles. The first-order valence-corrected chi connectivity index (χ1v) is 9.26. The van der Waals surface area contributed by atoms with Crippen LogP contribution in [-0.2, 0) is 19.1 Å². The van der Waals surface area contributed by atoms with E-state index in [4.69, 9.17) is 16.3 Å². The lowest BCUT2D eigenvalue weighted by molar-refractivity contribution is -0.120. The summed E-state index contributed by atoms with van der Waals surface area (Å²) in [5.41, 5.74) is 1.25. The first kappa shape index (κ1) is 21.1. The van der Waals surface area contributed by atoms with Gasteiger partial charge in [-0.1, -0.05) is 11.6 Å². The molecule has 1 aliphatic heterocycles. The van der Waals surface area contributed by atoms with E-state index in [1.54, 1.807) is 19.1 Å². The van der Waals surface area contributed by atoms with E-state index in [-0.39, 0.29) is 28.6 Å². The van der Waals surface area contributed by atoms with Crippen molar-refractivity contribution in [2.75, 3.05) is 23.9 Å². The van der Waals surface area contributed by atoms with Crippen LogP contribution in [0.25, 0.3) is 0 Å². The number of nitrogens with one attached hydrogen (secondary N) is 1. The number of methoxy groups -OCH3 is 1. The Hall–Kier alpha value is -3.65. The van der Waals surface area contributed by atoms with Gasteiger partial charge in [0.1, 0.15) is 10.7 Å². The van der Waals surface area contributed by atoms with Crippen LogP contribution in [-0.4, -0.2) is 37.5 Å². The number of anilines is 2. The van der Waals surface area contributed by atoms with E-state index in [0.717, 1.165) is 4.90 Å². The van der Waals surface area contributed by atoms with Crippen molar-refractivity contribution >= 4 is 46.7 Å². The van der Waals surface area contributed by atoms with Gasteiger partial charge in [-0.05, 0) is 55.5 Å². The Labute approximate surface area is 177 Å². The largest absolute Gasteiger partial charge is 0.465 e. The summed E-state index contributed by atoms with van der Waals surface area (Å²) >= 11 is 6.10. The van der Waals surface area contributed by atoms with Gasteiger partial charge in [0, 0.05) is 5.69 Å². The van der Waals surface area contributed by atoms with Crippen LogP contribution >= 0.6 is 11.6 Å². The lowest BCUT2D eigenvalue weighted by Crippen LogP contribution is -2.32. The summed E-state index contributed by atoms with van der Waals surface area (Å²) in [6.07, 6.45) is 0. The summed E-state index contributed by atoms with van der Waals surface area (Å²) in [4.78, 5) is 49.5. The highest BCUT2D eigenvalue weighted by atomic mass is 35.5. The maximum Gasteiger partial charge on any atom is 0.338 e. The SMILES string of the molecule is CCOC(=O)c1ccc(NC2=C(Cl)C(=O)N(c3ccc(C(=O)OC)cc3)C2=O)cc1. The summed E-state index contributed by atoms with van der Waals surface area (Å²) in [6, 6.07) is 12.0. The molecule has 1 aliphatic rings. The quantitative estimate of drug-likeness (QED) is 0.557. The van der Waals surface area contributed by atoms with E-state index in [0.29, 0.717) is 11.3 Å². The molecule has 154 valence electrons. The number of carbonyl (C=O) groups excluding carboxylic acids is 4. The Kier molecular flexibility index (Phi) is 6.17. The first-order valence-electron chi connectivity index (χ1n) is 8.88. The second kappa shape index (κ2) is 8.79. The molecule has 0 saturated heterocycles. The molecule has 2 aromatic rings. The number of amides is 2. The molecule has 0 bridgehead atoms. The minimum Gasteiger partial charge on any atom is -0.465 e. The highest BCUT2D eigenvalue weighted by molar-refractivity contribution is 6.53. The Bertz CT molecular complexity index is 1040. The number of esters is 2. The molecule has 8 nitrogen and oxygen atoms in total. The molecule has 0 atom stereocenters. The maximum absolute atomic E-state index is 12.8. The smallest absolute Gasteiger partial charge is 0.338 e. The second-order valence-corrected chi connectivity index (χ2v) is 6.47. The number of hydrogen-bond acceptors (Lipinski definition) is 7. The van der Waals surface area contributed by atoms with Gasteiger partial charge >= 0.3 is 11.9 Å². The Morgan fingerprint density at radius 1 is 0.933 bits per heavy atom. The molecule has 2 aromatic carbocycles. The molecule has 1 N–H and O–H groups in total. The molecule has 30 heavy (non-hydrogen) atoms. The fourth-order valence-corrected chi connectivity index (χ4v) is 2.97. The van der Waals surface area contributed by atoms with Crippen molar-refractivity contribution in [1.82, 2.24) is 0 Å². The van der Waals surface area contributed by atoms with Crippen molar-refractivity contribution in [2.45, 2.75) is 6.92 Å². The maximum atomic E-state index is 12.8. The topological polar surface area (TPSA) is 102 Å². The van der Waals surface area contributed by atoms with Crippen molar-refractivity contribution in [3.05, 3.63) is 70.4 Å². The third-order valence-electron chi connectivity index (χ3n) is 4.24. The van der Waals surface area contributed by atoms with Crippen LogP contribution in [0.5, 0.6) is 0 Å². The predicted octanol–water partition coefficient (Wildman–Crippen LogP) is 3.09. The van der Waals surface area contributed by atoms with Gasteiger partial charge in [0.05, 0.1) is 30.5 Å². The number of imide groups is 1. The molecule has 0 aromatic heterocycles. The highest BCUT2D eigenvalue weighted by Crippen LogP contribution is 2.30. The molecule has 1 heterocycles. The van der Waals surface area contributed by atoms with Crippen LogP contribution in [0.1, 0.15) is 27.6 Å². The van der Waals surface area contributed by atoms with Gasteiger partial charge in [-0.2, -0.15) is 0 Å². The van der Waals surface area contributed by atoms with Crippen LogP contribution in [0.2, 0.25) is 0 Å². The van der Waals surface area contributed by atoms with Gasteiger partial charge in [-0.3, -0.25) is 9.59 Å². The van der Waals surface area contributed by atoms with Crippen molar-refractivity contribution in [3.8, 4) is 0 Å². The van der Waals surface area contributed by atoms with E-state index >= 15 is 0 Å². The van der Waals surface area contributed by atoms with Gasteiger partial charge in [0.25, 0.3) is 11.8 Å². The molecule has 0 radical (unpaired) electrons. The number of hydrogen-bond donors (Lipinski definition) is 1. The third kappa shape index (κ3) is 4.04. The minimum atomic E-state index is -0.696. The van der Waals surface area contributed by atoms with E-state index in [2.05, 4.69) is 10.1 Å². The standard InChI is InChI=1S/C21H17ClN2O6/c1-3-30-21(28)13-4-8-14(9-5-13)23-17-16(22)18(25)24(19(17)26)15-10-6-12(7-11-15)20(27)29-2/h4-11,23H,3H2,1-2H3. The molecule has 2 amide bonds. The van der Waals surface area contributed by atoms with Crippen molar-refractivity contribution in [3.63, 3.8) is 0 Å². The van der Waals surface area contributed by atoms with Crippen molar-refractivity contribution in [2.24, 2.45) is 0 Å². The van der Waals surface area contributed by atoms with Crippen LogP contribution in [0.4, 0.5) is 11.4 Å². The first-order chi connectivity index (χ1) is 14.4. The molecule has 0 spiro atoms. The average molecular weight is 429 g/mol. The zero-order valence-corrected chi connectivity index (χ0v) is 16.9. The van der Waals surface area contributed by atoms with Gasteiger partial charge in [0.2, 0.25) is 0 Å². The lowest BCUT2D eigenvalue weighted by atomic mass is 10.2. The summed E-state index contributed by atoms with van der Waals surface area (Å²) in [7, 11) is 1.25. The van der Waals surface area contributed by atoms with Crippen molar-refractivity contribution < 1.29 is 28.7 Å². The fraction of sp³-hybridized carbons (Fsp3) is 0.143. The van der Waals surface area contributed by atoms with Crippen LogP contribution in [0.3, 0.4) is 0 Å². The summed E-state index contributed by atoms with van der Waals surface area (Å²) < 4.78 is 9.54. The number of benzene rings is 2. The molecular formula is C21H17ClN2O6. The number of carbonyl (C=O) groups is 4. The number of rotatable bonds is 6. The highest BCUT2D eigenvalue weighted by Gasteiger charge is 2.39. The average Bonchev–Trinajstić information content (AvgIpc) is 2.97. The lowest BCUT2D eigenvalue weighted by Gasteiger charge is -2.15. The summed E-state index contributed by atoms with van der Waals surface area (Å²) in [5.74, 6) is -2.34. The predicted molar refractivity (Wildman–Crippen MR) is 109 cm³/mol. The van der Waals surface area contributed by atoms with Crippen LogP contribution in [0, 0.1) is 0 Å². The number of ether oxygens (including phenoxy) is 2. The van der Waals surface area contributed by atoms with E-state index in [1.165, 1.54) is 43.5 Å². The molecule has 0 unspecified atom stereocenters. The molecular weight excluding hydrogens is 412 g/mol. The number of halogens is 1. The van der Waals surface area contributed by atoms with Crippen LogP contribution < -0.4 is 10.2 Å². The Morgan fingerprint density at radius 2 is 1.50 bits per heavy atom. The zero-order chi connectivity index (χ0) is 21.8. The van der Waals surface area contributed by atoms with Crippen LogP contribution in [0.15, 0.2) is 59.3 Å². The van der Waals surface area contributed by atoms with Crippen molar-refractivity contribution in [1.29, 1.82) is 0 Å². The second-order valence-electron chi connectivity index (χ2n) is 6.10. The Balaban J connectivity index is 1.79. The monoisotopic (exact) mass is 428 g/mol. The third-order valence-corrected chi connectivity index (χ3v) is 4.59. The fourth-order valence-electron chi connectivity index (χ4n) is 2.76.